The molecular formula is C78H62BCl3N6O2P4Y2. The maximum Gasteiger partial charge on any atom is 0.488 e. The summed E-state index contributed by atoms with van der Waals surface area (Å²) in [5.41, 5.74) is 20.9. The van der Waals surface area contributed by atoms with Crippen LogP contribution in [0.1, 0.15) is 0 Å². The van der Waals surface area contributed by atoms with Crippen LogP contribution in [0.3, 0.4) is 0 Å². The molecule has 4 unspecified atom stereocenters. The number of nitrogens with zero attached hydrogens (tertiary/aromatic N) is 6. The molecule has 2 N–H and O–H groups in total. The van der Waals surface area contributed by atoms with Gasteiger partial charge in [0.1, 0.15) is 0 Å². The van der Waals surface area contributed by atoms with Crippen LogP contribution in [0.2, 0.25) is 15.1 Å². The number of pyridine rings is 2. The first-order valence-corrected chi connectivity index (χ1v) is 36.1. The van der Waals surface area contributed by atoms with Crippen LogP contribution in [0.15, 0.2) is 316 Å². The van der Waals surface area contributed by atoms with Crippen molar-refractivity contribution in [2.45, 2.75) is 0 Å². The van der Waals surface area contributed by atoms with E-state index < -0.39 is 7.12 Å². The predicted molar refractivity (Wildman–Crippen MR) is 410 cm³/mol. The van der Waals surface area contributed by atoms with Crippen molar-refractivity contribution in [1.82, 2.24) is 29.9 Å². The van der Waals surface area contributed by atoms with Gasteiger partial charge in [-0.1, -0.05) is 247 Å². The van der Waals surface area contributed by atoms with E-state index in [-0.39, 0.29) is 65.4 Å². The topological polar surface area (TPSA) is 118 Å². The summed E-state index contributed by atoms with van der Waals surface area (Å²) >= 11 is 18.1. The van der Waals surface area contributed by atoms with Crippen molar-refractivity contribution in [1.29, 1.82) is 0 Å². The zero-order valence-electron chi connectivity index (χ0n) is 51.8. The monoisotopic (exact) mass is 1530 g/mol. The van der Waals surface area contributed by atoms with Gasteiger partial charge in [0.2, 0.25) is 0 Å². The maximum absolute atomic E-state index is 8.65. The first kappa shape index (κ1) is 75.2. The minimum atomic E-state index is -1.43. The van der Waals surface area contributed by atoms with Gasteiger partial charge in [-0.15, -0.1) is 35.7 Å². The molecule has 96 heavy (non-hydrogen) atoms. The molecule has 4 atom stereocenters. The Hall–Kier alpha value is -6.56. The molecule has 0 fully saturated rings. The second-order valence-corrected chi connectivity index (χ2v) is 22.3. The molecule has 0 amide bonds. The fraction of sp³-hybridized carbons (Fsp3) is 0. The third-order valence-corrected chi connectivity index (χ3v) is 15.5. The summed E-state index contributed by atoms with van der Waals surface area (Å²) in [5, 5.41) is 19.2. The molecule has 14 rings (SSSR count). The summed E-state index contributed by atoms with van der Waals surface area (Å²) in [6.07, 6.45) is 7.32. The molecule has 8 nitrogen and oxygen atoms in total. The Morgan fingerprint density at radius 1 is 0.250 bits per heavy atom. The first-order valence-electron chi connectivity index (χ1n) is 29.6. The molecule has 466 valence electrons. The van der Waals surface area contributed by atoms with Crippen LogP contribution in [-0.4, -0.2) is 47.1 Å². The van der Waals surface area contributed by atoms with Gasteiger partial charge in [-0.2, -0.15) is 0 Å². The van der Waals surface area contributed by atoms with E-state index in [1.165, 1.54) is 6.07 Å². The Morgan fingerprint density at radius 3 is 0.854 bits per heavy atom. The smallest absolute Gasteiger partial charge is 0.423 e. The van der Waals surface area contributed by atoms with E-state index in [2.05, 4.69) is 203 Å². The molecule has 0 spiro atoms. The van der Waals surface area contributed by atoms with Gasteiger partial charge in [0.15, 0.2) is 11.6 Å². The fourth-order valence-electron chi connectivity index (χ4n) is 10.3. The molecule has 0 bridgehead atoms. The van der Waals surface area contributed by atoms with E-state index in [0.717, 1.165) is 117 Å². The summed E-state index contributed by atoms with van der Waals surface area (Å²) in [7, 11) is 7.90. The van der Waals surface area contributed by atoms with Crippen molar-refractivity contribution in [3.63, 3.8) is 0 Å². The van der Waals surface area contributed by atoms with Crippen LogP contribution in [0, 0.1) is 0 Å². The van der Waals surface area contributed by atoms with Crippen molar-refractivity contribution in [2.75, 3.05) is 0 Å². The van der Waals surface area contributed by atoms with Crippen molar-refractivity contribution in [2.24, 2.45) is 0 Å². The molecule has 0 aliphatic heterocycles. The molecule has 14 aromatic rings. The van der Waals surface area contributed by atoms with Crippen molar-refractivity contribution in [3.8, 4) is 123 Å². The molecule has 18 heteroatoms. The van der Waals surface area contributed by atoms with E-state index in [4.69, 9.17) is 64.8 Å². The van der Waals surface area contributed by atoms with Gasteiger partial charge in [-0.25, -0.2) is 19.9 Å². The first-order chi connectivity index (χ1) is 46.1. The largest absolute Gasteiger partial charge is 0.488 e. The van der Waals surface area contributed by atoms with Gasteiger partial charge in [0, 0.05) is 139 Å². The number of rotatable bonds is 12. The Balaban J connectivity index is 0.000000203. The Morgan fingerprint density at radius 2 is 0.531 bits per heavy atom. The summed E-state index contributed by atoms with van der Waals surface area (Å²) in [6.45, 7) is 0. The van der Waals surface area contributed by atoms with Crippen LogP contribution < -0.4 is 5.46 Å². The summed E-state index contributed by atoms with van der Waals surface area (Å²) in [5.74, 6) is 1.38. The van der Waals surface area contributed by atoms with Crippen LogP contribution in [-0.2, 0) is 65.4 Å². The quantitative estimate of drug-likeness (QED) is 0.0917. The molecule has 2 radical (unpaired) electrons. The van der Waals surface area contributed by atoms with Gasteiger partial charge >= 0.3 is 7.12 Å². The van der Waals surface area contributed by atoms with E-state index in [1.807, 2.05) is 122 Å². The molecule has 4 aromatic heterocycles. The molecule has 0 aliphatic carbocycles. The Bertz CT molecular complexity index is 4760. The van der Waals surface area contributed by atoms with Crippen LogP contribution in [0.5, 0.6) is 0 Å². The summed E-state index contributed by atoms with van der Waals surface area (Å²) in [4.78, 5) is 28.5. The number of halogens is 3. The van der Waals surface area contributed by atoms with Gasteiger partial charge in [-0.05, 0) is 140 Å². The zero-order chi connectivity index (χ0) is 65.6. The second kappa shape index (κ2) is 38.6. The third-order valence-electron chi connectivity index (χ3n) is 14.8. The Kier molecular flexibility index (Phi) is 30.2. The number of aromatic nitrogens is 6. The maximum atomic E-state index is 8.65. The van der Waals surface area contributed by atoms with E-state index in [1.54, 1.807) is 30.6 Å². The van der Waals surface area contributed by atoms with Crippen molar-refractivity contribution in [3.05, 3.63) is 331 Å². The number of hydrogen-bond donors (Lipinski definition) is 2. The Labute approximate surface area is 636 Å². The van der Waals surface area contributed by atoms with Crippen LogP contribution >= 0.6 is 70.5 Å². The van der Waals surface area contributed by atoms with E-state index in [9.17, 15) is 0 Å². The minimum absolute atomic E-state index is 0. The summed E-state index contributed by atoms with van der Waals surface area (Å²) < 4.78 is 0. The molecule has 10 aromatic carbocycles. The van der Waals surface area contributed by atoms with Gasteiger partial charge in [0.25, 0.3) is 0 Å². The van der Waals surface area contributed by atoms with Crippen molar-refractivity contribution >= 4 is 83.1 Å². The second-order valence-electron chi connectivity index (χ2n) is 21.0. The average molecular weight is 1530 g/mol. The predicted octanol–water partition coefficient (Wildman–Crippen LogP) is 20.7. The summed E-state index contributed by atoms with van der Waals surface area (Å²) in [6, 6.07) is 97.0. The molecule has 4 heterocycles. The third kappa shape index (κ3) is 20.8. The normalized spacial score (nSPS) is 10.2. The van der Waals surface area contributed by atoms with Crippen LogP contribution in [0.4, 0.5) is 0 Å². The molecule has 0 aliphatic rings. The fourth-order valence-corrected chi connectivity index (χ4v) is 10.8. The van der Waals surface area contributed by atoms with Crippen molar-refractivity contribution < 1.29 is 75.5 Å². The zero-order valence-corrected chi connectivity index (χ0v) is 64.3. The standard InChI is InChI=1S/C39H26ClN3.C33H22ClN3.C6H6BClO2.2H4P2.2Y/c40-36-16-6-13-33(24-36)31-11-4-10-30(22-31)32-12-5-14-34(23-32)38-25-37(42-39(43-38)29-8-2-1-3-9-29)28-19-17-27(18-20-28)35-15-7-21-41-26-35;34-30-13-5-10-27(20-30)26-9-4-11-28(19-26)32-21-31(36-33(37-32)25-7-2-1-3-8-25)24-16-14-23(15-17-24)29-12-6-18-35-22-29;8-6-3-1-2-5(4-6)7(9)10;2*1-2;;/h1-26H;1-22H;1-4,9-10H;2*1-2H2;;. The number of hydrogen-bond acceptors (Lipinski definition) is 8. The van der Waals surface area contributed by atoms with E-state index >= 15 is 0 Å². The van der Waals surface area contributed by atoms with Gasteiger partial charge in [0.05, 0.1) is 22.8 Å². The van der Waals surface area contributed by atoms with E-state index in [0.29, 0.717) is 27.2 Å². The van der Waals surface area contributed by atoms with Crippen LogP contribution in [0.25, 0.3) is 123 Å². The minimum Gasteiger partial charge on any atom is -0.423 e. The average Bonchev–Trinajstić information content (AvgIpc) is 0.808. The van der Waals surface area contributed by atoms with Gasteiger partial charge in [-0.3, -0.25) is 9.97 Å². The molecule has 0 saturated heterocycles. The van der Waals surface area contributed by atoms with Gasteiger partial charge < -0.3 is 10.0 Å². The SMILES string of the molecule is Clc1cccc(-c2cccc(-c3cc(-c4ccc(-c5cccnc5)cc4)nc(-c4ccccc4)n3)c2)c1.Clc1cccc(-c2cccc(-c3cccc(-c4cc(-c5ccc(-c6cccnc6)cc5)nc(-c5ccccc5)n4)c3)c2)c1.OB(O)c1cccc(Cl)c1.PP.PP.[Y].[Y]. The molecular weight excluding hydrogens is 1470 g/mol. The molecule has 0 saturated carbocycles. The number of benzene rings is 10.